The van der Waals surface area contributed by atoms with Gasteiger partial charge in [0.1, 0.15) is 12.4 Å². The number of hydrogen-bond donors (Lipinski definition) is 1. The molecule has 0 saturated heterocycles. The second kappa shape index (κ2) is 27.3. The minimum atomic E-state index is 0.00352. The zero-order valence-electron chi connectivity index (χ0n) is 33.3. The maximum atomic E-state index is 3.81. The quantitative estimate of drug-likeness (QED) is 0.0499. The Labute approximate surface area is 310 Å². The second-order valence-corrected chi connectivity index (χ2v) is 16.0. The number of aromatic nitrogens is 2. The van der Waals surface area contributed by atoms with Crippen LogP contribution in [0.15, 0.2) is 73.1 Å². The lowest BCUT2D eigenvalue weighted by Gasteiger charge is -2.37. The molecule has 0 radical (unpaired) electrons. The van der Waals surface area contributed by atoms with Gasteiger partial charge in [-0.15, -0.1) is 0 Å². The summed E-state index contributed by atoms with van der Waals surface area (Å²) in [6, 6.07) is 22.7. The molecule has 0 aliphatic heterocycles. The number of unbranched alkanes of at least 4 members (excludes halogenated alkanes) is 23. The molecule has 0 bridgehead atoms. The fraction of sp³-hybridized carbons (Fsp3) is 0.688. The van der Waals surface area contributed by atoms with E-state index >= 15 is 0 Å². The number of aromatic amines is 1. The van der Waals surface area contributed by atoms with Crippen LogP contribution in [-0.4, -0.2) is 4.98 Å². The highest BCUT2D eigenvalue weighted by atomic mass is 15.1. The summed E-state index contributed by atoms with van der Waals surface area (Å²) in [4.78, 5) is 3.81. The number of aryl methyl sites for hydroxylation is 1. The summed E-state index contributed by atoms with van der Waals surface area (Å²) in [5.41, 5.74) is 2.91. The van der Waals surface area contributed by atoms with E-state index in [-0.39, 0.29) is 5.41 Å². The Morgan fingerprint density at radius 2 is 0.940 bits per heavy atom. The molecule has 0 fully saturated rings. The number of hydrogen-bond acceptors (Lipinski definition) is 0. The summed E-state index contributed by atoms with van der Waals surface area (Å²) in [5.74, 6) is 1.87. The topological polar surface area (TPSA) is 19.7 Å². The highest BCUT2D eigenvalue weighted by Crippen LogP contribution is 2.43. The van der Waals surface area contributed by atoms with Gasteiger partial charge in [0.2, 0.25) is 0 Å². The van der Waals surface area contributed by atoms with Gasteiger partial charge in [0.25, 0.3) is 5.82 Å². The van der Waals surface area contributed by atoms with E-state index in [0.717, 1.165) is 13.0 Å². The average Bonchev–Trinajstić information content (AvgIpc) is 3.60. The van der Waals surface area contributed by atoms with Crippen molar-refractivity contribution in [3.05, 3.63) is 90.0 Å². The fourth-order valence-electron chi connectivity index (χ4n) is 8.38. The normalized spacial score (nSPS) is 13.4. The molecule has 2 nitrogen and oxygen atoms in total. The number of benzene rings is 2. The predicted molar refractivity (Wildman–Crippen MR) is 219 cm³/mol. The van der Waals surface area contributed by atoms with Gasteiger partial charge in [-0.3, -0.25) is 0 Å². The summed E-state index contributed by atoms with van der Waals surface area (Å²) >= 11 is 0. The van der Waals surface area contributed by atoms with Gasteiger partial charge in [-0.1, -0.05) is 229 Å². The van der Waals surface area contributed by atoms with E-state index in [9.17, 15) is 0 Å². The lowest BCUT2D eigenvalue weighted by atomic mass is 9.66. The lowest BCUT2D eigenvalue weighted by molar-refractivity contribution is -0.705. The molecule has 1 aromatic heterocycles. The van der Waals surface area contributed by atoms with Crippen molar-refractivity contribution in [1.29, 1.82) is 0 Å². The zero-order valence-corrected chi connectivity index (χ0v) is 33.3. The van der Waals surface area contributed by atoms with Crippen LogP contribution in [-0.2, 0) is 18.4 Å². The van der Waals surface area contributed by atoms with Gasteiger partial charge in [-0.05, 0) is 36.8 Å². The van der Waals surface area contributed by atoms with Crippen LogP contribution in [0.2, 0.25) is 0 Å². The molecule has 2 heteroatoms. The third-order valence-electron chi connectivity index (χ3n) is 11.6. The number of nitrogens with zero attached hydrogens (tertiary/aromatic N) is 1. The molecule has 1 heterocycles. The Kier molecular flexibility index (Phi) is 23.0. The van der Waals surface area contributed by atoms with Gasteiger partial charge in [-0.2, -0.15) is 0 Å². The first-order chi connectivity index (χ1) is 24.7. The van der Waals surface area contributed by atoms with E-state index in [1.807, 2.05) is 0 Å². The van der Waals surface area contributed by atoms with E-state index in [4.69, 9.17) is 0 Å². The number of nitrogens with one attached hydrogen (secondary N) is 1. The van der Waals surface area contributed by atoms with Gasteiger partial charge >= 0.3 is 0 Å². The van der Waals surface area contributed by atoms with Crippen molar-refractivity contribution >= 4 is 0 Å². The van der Waals surface area contributed by atoms with E-state index < -0.39 is 0 Å². The van der Waals surface area contributed by atoms with Gasteiger partial charge in [-0.25, -0.2) is 9.55 Å². The smallest absolute Gasteiger partial charge is 0.247 e. The first-order valence-corrected chi connectivity index (χ1v) is 21.8. The van der Waals surface area contributed by atoms with Gasteiger partial charge in [0.05, 0.1) is 12.5 Å². The molecule has 3 rings (SSSR count). The van der Waals surface area contributed by atoms with Crippen LogP contribution in [0.5, 0.6) is 0 Å². The van der Waals surface area contributed by atoms with Crippen molar-refractivity contribution in [2.75, 3.05) is 0 Å². The Morgan fingerprint density at radius 3 is 1.42 bits per heavy atom. The molecule has 3 aromatic rings. The molecule has 0 aliphatic rings. The van der Waals surface area contributed by atoms with Crippen molar-refractivity contribution in [3.63, 3.8) is 0 Å². The molecule has 50 heavy (non-hydrogen) atoms. The van der Waals surface area contributed by atoms with Gasteiger partial charge in [0.15, 0.2) is 0 Å². The summed E-state index contributed by atoms with van der Waals surface area (Å²) in [5, 5.41) is 0. The zero-order chi connectivity index (χ0) is 35.4. The summed E-state index contributed by atoms with van der Waals surface area (Å²) in [6.45, 7) is 8.29. The van der Waals surface area contributed by atoms with Crippen LogP contribution in [0.1, 0.15) is 211 Å². The highest BCUT2D eigenvalue weighted by molar-refractivity contribution is 5.32. The van der Waals surface area contributed by atoms with Crippen molar-refractivity contribution in [1.82, 2.24) is 4.98 Å². The molecular formula is C48H79N2+. The monoisotopic (exact) mass is 684 g/mol. The standard InChI is InChI=1S/C48H78N2/c1-4-6-8-10-12-14-15-16-17-18-19-20-21-22-23-25-33-39-46(47-49-40-42-50(47)41-34-26-24-13-11-9-7-5-2)48(3,45-37-31-28-32-38-45)43-44-35-29-27-30-36-44/h27-32,35-38,40,42,46H,4-26,33-34,39,41,43H2,1-3H3/p+1. The fourth-order valence-corrected chi connectivity index (χ4v) is 8.38. The largest absolute Gasteiger partial charge is 0.258 e. The molecule has 0 aliphatic carbocycles. The first kappa shape index (κ1) is 42.1. The Hall–Kier alpha value is -2.35. The minimum Gasteiger partial charge on any atom is -0.247 e. The third-order valence-corrected chi connectivity index (χ3v) is 11.6. The van der Waals surface area contributed by atoms with E-state index in [1.54, 1.807) is 0 Å². The van der Waals surface area contributed by atoms with Crippen LogP contribution < -0.4 is 4.57 Å². The molecule has 0 amide bonds. The Balaban J connectivity index is 1.51. The molecule has 280 valence electrons. The van der Waals surface area contributed by atoms with Crippen molar-refractivity contribution in [2.24, 2.45) is 0 Å². The van der Waals surface area contributed by atoms with Crippen LogP contribution in [0.4, 0.5) is 0 Å². The van der Waals surface area contributed by atoms with Crippen LogP contribution in [0, 0.1) is 0 Å². The third kappa shape index (κ3) is 16.8. The molecule has 0 saturated carbocycles. The van der Waals surface area contributed by atoms with E-state index in [0.29, 0.717) is 5.92 Å². The number of rotatable bonds is 32. The summed E-state index contributed by atoms with van der Waals surface area (Å²) < 4.78 is 2.58. The Morgan fingerprint density at radius 1 is 0.520 bits per heavy atom. The maximum absolute atomic E-state index is 3.81. The van der Waals surface area contributed by atoms with Crippen molar-refractivity contribution < 1.29 is 4.57 Å². The van der Waals surface area contributed by atoms with Crippen LogP contribution in [0.3, 0.4) is 0 Å². The number of imidazole rings is 1. The maximum Gasteiger partial charge on any atom is 0.258 e. The van der Waals surface area contributed by atoms with E-state index in [1.165, 1.54) is 184 Å². The van der Waals surface area contributed by atoms with E-state index in [2.05, 4.69) is 103 Å². The van der Waals surface area contributed by atoms with Gasteiger partial charge in [0, 0.05) is 5.41 Å². The van der Waals surface area contributed by atoms with Gasteiger partial charge < -0.3 is 0 Å². The minimum absolute atomic E-state index is 0.00352. The van der Waals surface area contributed by atoms with Crippen molar-refractivity contribution in [2.45, 2.75) is 212 Å². The highest BCUT2D eigenvalue weighted by Gasteiger charge is 2.41. The van der Waals surface area contributed by atoms with Crippen LogP contribution in [0.25, 0.3) is 0 Å². The molecular weight excluding hydrogens is 605 g/mol. The summed E-state index contributed by atoms with van der Waals surface area (Å²) in [7, 11) is 0. The molecule has 0 spiro atoms. The SMILES string of the molecule is CCCCCCCCCCCCCCCCCCCC(c1[nH]cc[n+]1CCCCCCCCCC)C(C)(Cc1ccccc1)c1ccccc1. The van der Waals surface area contributed by atoms with Crippen LogP contribution >= 0.6 is 0 Å². The predicted octanol–water partition coefficient (Wildman–Crippen LogP) is 14.8. The first-order valence-electron chi connectivity index (χ1n) is 21.8. The van der Waals surface area contributed by atoms with Crippen molar-refractivity contribution in [3.8, 4) is 0 Å². The second-order valence-electron chi connectivity index (χ2n) is 16.0. The molecule has 2 unspecified atom stereocenters. The summed E-state index contributed by atoms with van der Waals surface area (Å²) in [6.07, 6.45) is 41.9. The Bertz CT molecular complexity index is 1170. The molecule has 2 atom stereocenters. The number of H-pyrrole nitrogens is 1. The molecule has 2 aromatic carbocycles. The molecule has 1 N–H and O–H groups in total. The average molecular weight is 684 g/mol. The lowest BCUT2D eigenvalue weighted by Crippen LogP contribution is -2.43.